The number of aryl methyl sites for hydroxylation is 2. The fourth-order valence-electron chi connectivity index (χ4n) is 9.36. The van der Waals surface area contributed by atoms with E-state index in [4.69, 9.17) is 30.4 Å². The number of rotatable bonds is 12. The monoisotopic (exact) mass is 925 g/mol. The van der Waals surface area contributed by atoms with Crippen molar-refractivity contribution in [2.45, 2.75) is 89.7 Å². The Kier molecular flexibility index (Phi) is 15.9. The van der Waals surface area contributed by atoms with Crippen molar-refractivity contribution < 1.29 is 43.2 Å². The first-order chi connectivity index (χ1) is 32.1. The van der Waals surface area contributed by atoms with Gasteiger partial charge in [0, 0.05) is 88.7 Å². The number of fused-ring (bicyclic) bond motifs is 5. The standard InChI is InChI=1S/C48H63N9O10/c1-26-21-32-39(51-15-16-56-17-19-57(20-18-56)46(62)30-12-9-29(10-13-30)11-14-31-25-52-43-38(31)45(61)55-47(49)54-43)34(58)24-33(40(32)59)53-44(60)27(2)7-6-8-35(64-4)42(67-48(50)63)37-23-28(3)41(66-37)36(22-26)65-5/h6-10,12-13,23,25-26,28,33,35-36,41-42,48,51,63H,11,14-22,24,50H2,1-5H3,(H,53,60)(H4,49,52,54,55,61)/b8-6-,27-7+/t26-,28+,33?,35?,36?,41?,42-,48?/m1/s1. The molecule has 3 aromatic rings. The number of aromatic amines is 2. The fourth-order valence-corrected chi connectivity index (χ4v) is 9.36. The number of hydrogen-bond donors (Lipinski definition) is 7. The fraction of sp³-hybridized carbons (Fsp3) is 0.500. The third-order valence-corrected chi connectivity index (χ3v) is 13.0. The number of nitrogens with two attached hydrogens (primary N) is 2. The molecule has 0 spiro atoms. The van der Waals surface area contributed by atoms with E-state index in [2.05, 4.69) is 30.5 Å². The van der Waals surface area contributed by atoms with E-state index in [9.17, 15) is 29.1 Å². The molecule has 19 nitrogen and oxygen atoms in total. The summed E-state index contributed by atoms with van der Waals surface area (Å²) >= 11 is 0. The average Bonchev–Trinajstić information content (AvgIpc) is 3.90. The molecule has 2 amide bonds. The first-order valence-electron chi connectivity index (χ1n) is 22.8. The Balaban J connectivity index is 0.979. The molecule has 4 aliphatic rings. The number of hydrogen-bond acceptors (Lipinski definition) is 15. The van der Waals surface area contributed by atoms with Crippen LogP contribution >= 0.6 is 0 Å². The molecule has 19 heteroatoms. The molecule has 3 aliphatic heterocycles. The largest absolute Gasteiger partial charge is 0.489 e. The summed E-state index contributed by atoms with van der Waals surface area (Å²) in [6, 6.07) is 6.50. The average molecular weight is 926 g/mol. The van der Waals surface area contributed by atoms with Crippen LogP contribution < -0.4 is 27.7 Å². The highest BCUT2D eigenvalue weighted by molar-refractivity contribution is 6.15. The molecule has 1 saturated heterocycles. The van der Waals surface area contributed by atoms with Gasteiger partial charge in [0.25, 0.3) is 11.5 Å². The lowest BCUT2D eigenvalue weighted by Gasteiger charge is -2.35. The lowest BCUT2D eigenvalue weighted by atomic mass is 9.82. The van der Waals surface area contributed by atoms with Crippen molar-refractivity contribution in [1.82, 2.24) is 35.4 Å². The van der Waals surface area contributed by atoms with Gasteiger partial charge < -0.3 is 50.3 Å². The molecule has 1 fully saturated rings. The van der Waals surface area contributed by atoms with Gasteiger partial charge in [-0.15, -0.1) is 0 Å². The molecule has 1 aliphatic carbocycles. The van der Waals surface area contributed by atoms with Crippen LogP contribution in [0.15, 0.2) is 82.2 Å². The molecule has 360 valence electrons. The number of carbonyl (C=O) groups excluding carboxylic acids is 4. The predicted octanol–water partition coefficient (Wildman–Crippen LogP) is 1.75. The van der Waals surface area contributed by atoms with Gasteiger partial charge in [-0.1, -0.05) is 44.2 Å². The second-order valence-corrected chi connectivity index (χ2v) is 17.8. The molecule has 7 rings (SSSR count). The molecule has 67 heavy (non-hydrogen) atoms. The Morgan fingerprint density at radius 3 is 2.49 bits per heavy atom. The quantitative estimate of drug-likeness (QED) is 0.128. The minimum absolute atomic E-state index is 0.0517. The number of nitrogens with one attached hydrogen (secondary N) is 4. The number of ketones is 2. The van der Waals surface area contributed by atoms with Gasteiger partial charge in [0.05, 0.1) is 23.2 Å². The molecule has 5 unspecified atom stereocenters. The molecule has 8 atom stereocenters. The molecule has 9 N–H and O–H groups in total. The number of methoxy groups -OCH3 is 2. The number of aliphatic hydroxyl groups excluding tert-OH is 1. The number of benzene rings is 1. The topological polar surface area (TPSA) is 270 Å². The normalized spacial score (nSPS) is 27.4. The highest BCUT2D eigenvalue weighted by atomic mass is 16.7. The summed E-state index contributed by atoms with van der Waals surface area (Å²) in [7, 11) is 3.08. The van der Waals surface area contributed by atoms with Crippen molar-refractivity contribution in [3.8, 4) is 0 Å². The van der Waals surface area contributed by atoms with Gasteiger partial charge in [0.2, 0.25) is 18.3 Å². The van der Waals surface area contributed by atoms with Gasteiger partial charge >= 0.3 is 0 Å². The number of allylic oxidation sites excluding steroid dienone is 3. The van der Waals surface area contributed by atoms with Crippen molar-refractivity contribution >= 4 is 40.4 Å². The number of ether oxygens (including phenoxy) is 4. The smallest absolute Gasteiger partial charge is 0.262 e. The van der Waals surface area contributed by atoms with Crippen molar-refractivity contribution in [3.05, 3.63) is 104 Å². The summed E-state index contributed by atoms with van der Waals surface area (Å²) in [5, 5.41) is 16.6. The summed E-state index contributed by atoms with van der Waals surface area (Å²) in [4.78, 5) is 81.3. The van der Waals surface area contributed by atoms with Crippen molar-refractivity contribution in [3.63, 3.8) is 0 Å². The van der Waals surface area contributed by atoms with E-state index in [1.54, 1.807) is 38.5 Å². The molecular formula is C48H63N9O10. The maximum absolute atomic E-state index is 14.3. The molecule has 0 saturated carbocycles. The number of piperazine rings is 1. The summed E-state index contributed by atoms with van der Waals surface area (Å²) < 4.78 is 23.8. The maximum atomic E-state index is 14.3. The van der Waals surface area contributed by atoms with E-state index >= 15 is 0 Å². The molecule has 4 bridgehead atoms. The lowest BCUT2D eigenvalue weighted by molar-refractivity contribution is -0.163. The van der Waals surface area contributed by atoms with Crippen LogP contribution in [0, 0.1) is 11.8 Å². The Morgan fingerprint density at radius 1 is 1.04 bits per heavy atom. The highest BCUT2D eigenvalue weighted by Gasteiger charge is 2.41. The third kappa shape index (κ3) is 11.6. The molecule has 1 aromatic carbocycles. The third-order valence-electron chi connectivity index (χ3n) is 13.0. The number of nitrogen functional groups attached to an aromatic ring is 1. The number of anilines is 1. The Labute approximate surface area is 389 Å². The maximum Gasteiger partial charge on any atom is 0.262 e. The van der Waals surface area contributed by atoms with E-state index in [1.807, 2.05) is 49.1 Å². The van der Waals surface area contributed by atoms with Crippen LogP contribution in [0.1, 0.15) is 61.5 Å². The second-order valence-electron chi connectivity index (χ2n) is 17.8. The number of nitrogens with zero attached hydrogens (tertiary/aromatic N) is 3. The minimum Gasteiger partial charge on any atom is -0.489 e. The van der Waals surface area contributed by atoms with E-state index in [1.165, 1.54) is 7.11 Å². The number of carbonyl (C=O) groups is 4. The molecule has 2 aromatic heterocycles. The zero-order valence-electron chi connectivity index (χ0n) is 38.7. The van der Waals surface area contributed by atoms with Crippen LogP contribution in [0.3, 0.4) is 0 Å². The number of aromatic nitrogens is 3. The SMILES string of the molecule is COC1C[C@H](C)CC2=C(NCCN3CCN(C(=O)c4ccc(CCc5c[nH]c6nc(N)[nH]c(=O)c56)cc4)CC3)C(=O)CC(NC(=O)/C(C)=C/C=C\C(OC)[C@@H](OC(N)O)C3=C[C@H](C)C1O3)C2=O. The van der Waals surface area contributed by atoms with Crippen LogP contribution in [0.2, 0.25) is 0 Å². The molecular weight excluding hydrogens is 863 g/mol. The van der Waals surface area contributed by atoms with Gasteiger partial charge in [0.15, 0.2) is 11.6 Å². The number of Topliss-reactive ketones (excluding diaryl/α,β-unsaturated/α-hetero) is 2. The van der Waals surface area contributed by atoms with Gasteiger partial charge in [-0.05, 0) is 67.9 Å². The first kappa shape index (κ1) is 49.0. The second kappa shape index (κ2) is 21.8. The number of amides is 2. The summed E-state index contributed by atoms with van der Waals surface area (Å²) in [5.74, 6) is -0.951. The van der Waals surface area contributed by atoms with Crippen LogP contribution in [0.25, 0.3) is 11.0 Å². The predicted molar refractivity (Wildman–Crippen MR) is 249 cm³/mol. The minimum atomic E-state index is -1.62. The van der Waals surface area contributed by atoms with Gasteiger partial charge in [-0.3, -0.25) is 39.6 Å². The van der Waals surface area contributed by atoms with Crippen LogP contribution in [0.5, 0.6) is 0 Å². The molecule has 0 radical (unpaired) electrons. The van der Waals surface area contributed by atoms with Gasteiger partial charge in [-0.2, -0.15) is 4.98 Å². The first-order valence-corrected chi connectivity index (χ1v) is 22.8. The summed E-state index contributed by atoms with van der Waals surface area (Å²) in [6.07, 6.45) is 6.13. The van der Waals surface area contributed by atoms with Crippen molar-refractivity contribution in [1.29, 1.82) is 0 Å². The number of H-pyrrole nitrogens is 2. The number of aliphatic hydroxyl groups is 1. The Bertz CT molecular complexity index is 2480. The van der Waals surface area contributed by atoms with Crippen LogP contribution in [-0.2, 0) is 46.2 Å². The zero-order chi connectivity index (χ0) is 47.9. The van der Waals surface area contributed by atoms with Crippen LogP contribution in [-0.4, -0.2) is 144 Å². The van der Waals surface area contributed by atoms with Crippen LogP contribution in [0.4, 0.5) is 5.95 Å². The van der Waals surface area contributed by atoms with E-state index < -0.39 is 42.8 Å². The summed E-state index contributed by atoms with van der Waals surface area (Å²) in [6.45, 7) is 8.84. The lowest BCUT2D eigenvalue weighted by Crippen LogP contribution is -2.51. The van der Waals surface area contributed by atoms with E-state index in [-0.39, 0.29) is 59.4 Å². The van der Waals surface area contributed by atoms with E-state index in [0.717, 1.165) is 11.1 Å². The Hall–Kier alpha value is -5.96. The Morgan fingerprint density at radius 2 is 1.79 bits per heavy atom. The van der Waals surface area contributed by atoms with E-state index in [0.29, 0.717) is 92.0 Å². The van der Waals surface area contributed by atoms with Gasteiger partial charge in [-0.25, -0.2) is 0 Å². The molecule has 5 heterocycles. The highest BCUT2D eigenvalue weighted by Crippen LogP contribution is 2.35. The summed E-state index contributed by atoms with van der Waals surface area (Å²) in [5.41, 5.74) is 14.8. The van der Waals surface area contributed by atoms with Gasteiger partial charge in [0.1, 0.15) is 29.7 Å². The van der Waals surface area contributed by atoms with Crippen molar-refractivity contribution in [2.75, 3.05) is 59.2 Å². The van der Waals surface area contributed by atoms with Crippen molar-refractivity contribution in [2.24, 2.45) is 17.6 Å². The zero-order valence-corrected chi connectivity index (χ0v) is 38.7.